The summed E-state index contributed by atoms with van der Waals surface area (Å²) in [5.74, 6) is 0.149. The summed E-state index contributed by atoms with van der Waals surface area (Å²) in [6.07, 6.45) is 5.15. The number of hydrogen-bond donors (Lipinski definition) is 1. The van der Waals surface area contributed by atoms with Gasteiger partial charge < -0.3 is 5.11 Å². The first-order chi connectivity index (χ1) is 10.7. The van der Waals surface area contributed by atoms with Crippen molar-refractivity contribution in [1.29, 1.82) is 0 Å². The Balaban J connectivity index is 2.27. The predicted octanol–water partition coefficient (Wildman–Crippen LogP) is 4.24. The molecule has 1 N–H and O–H groups in total. The topological polar surface area (TPSA) is 54.4 Å². The minimum Gasteiger partial charge on any atom is -0.504 e. The number of Topliss-reactive ketones (excluding diaryl/α,β-unsaturated/α-hetero) is 2. The van der Waals surface area contributed by atoms with Gasteiger partial charge in [-0.2, -0.15) is 0 Å². The first kappa shape index (κ1) is 16.5. The van der Waals surface area contributed by atoms with Crippen LogP contribution in [0.1, 0.15) is 53.9 Å². The first-order valence-corrected chi connectivity index (χ1v) is 8.86. The molecule has 3 aliphatic carbocycles. The van der Waals surface area contributed by atoms with Crippen LogP contribution in [-0.2, 0) is 9.59 Å². The second-order valence-corrected chi connectivity index (χ2v) is 8.30. The van der Waals surface area contributed by atoms with Crippen LogP contribution in [0.2, 0.25) is 0 Å². The van der Waals surface area contributed by atoms with E-state index >= 15 is 0 Å². The summed E-state index contributed by atoms with van der Waals surface area (Å²) in [4.78, 5) is 26.3. The first-order valence-electron chi connectivity index (χ1n) is 8.86. The SMILES string of the molecule is CC(C)=C[C@@H]1C[C@H](C)[C@H]2CC[C@H](C)[C@H]3C(=O)C(O)=C(C)C(=O)[C@]123. The Morgan fingerprint density at radius 2 is 1.83 bits per heavy atom. The highest BCUT2D eigenvalue weighted by atomic mass is 16.3. The standard InChI is InChI=1S/C20H28O3/c1-10(2)8-14-9-12(4)15-7-6-11(3)16-18(22)17(21)13(5)19(23)20(14,15)16/h8,11-12,14-16,21H,6-7,9H2,1-5H3/t11-,12-,14+,15+,16-,20+/m0/s1. The lowest BCUT2D eigenvalue weighted by Gasteiger charge is -2.52. The van der Waals surface area contributed by atoms with Crippen LogP contribution in [0.25, 0.3) is 0 Å². The van der Waals surface area contributed by atoms with Crippen LogP contribution >= 0.6 is 0 Å². The molecule has 3 rings (SSSR count). The van der Waals surface area contributed by atoms with Crippen LogP contribution in [0.4, 0.5) is 0 Å². The molecule has 6 atom stereocenters. The van der Waals surface area contributed by atoms with Crippen molar-refractivity contribution in [3.63, 3.8) is 0 Å². The molecule has 0 radical (unpaired) electrons. The second kappa shape index (κ2) is 5.32. The molecule has 3 nitrogen and oxygen atoms in total. The van der Waals surface area contributed by atoms with Crippen molar-refractivity contribution < 1.29 is 14.7 Å². The molecule has 0 unspecified atom stereocenters. The van der Waals surface area contributed by atoms with Crippen molar-refractivity contribution in [2.75, 3.05) is 0 Å². The van der Waals surface area contributed by atoms with Crippen molar-refractivity contribution in [2.24, 2.45) is 35.0 Å². The summed E-state index contributed by atoms with van der Waals surface area (Å²) in [5.41, 5.74) is 0.861. The van der Waals surface area contributed by atoms with Crippen LogP contribution in [0.5, 0.6) is 0 Å². The fourth-order valence-corrected chi connectivity index (χ4v) is 5.90. The third kappa shape index (κ3) is 2.01. The van der Waals surface area contributed by atoms with Crippen molar-refractivity contribution >= 4 is 11.6 Å². The molecule has 0 saturated heterocycles. The molecule has 3 heteroatoms. The van der Waals surface area contributed by atoms with Crippen molar-refractivity contribution in [3.05, 3.63) is 23.0 Å². The predicted molar refractivity (Wildman–Crippen MR) is 89.9 cm³/mol. The quantitative estimate of drug-likeness (QED) is 0.736. The van der Waals surface area contributed by atoms with Gasteiger partial charge in [-0.15, -0.1) is 0 Å². The highest BCUT2D eigenvalue weighted by Gasteiger charge is 2.67. The molecule has 2 saturated carbocycles. The minimum atomic E-state index is -0.623. The van der Waals surface area contributed by atoms with Crippen LogP contribution in [0.15, 0.2) is 23.0 Å². The third-order valence-electron chi connectivity index (χ3n) is 6.70. The van der Waals surface area contributed by atoms with Gasteiger partial charge in [0.05, 0.1) is 5.41 Å². The number of carbonyl (C=O) groups is 2. The molecule has 0 amide bonds. The lowest BCUT2D eigenvalue weighted by atomic mass is 9.48. The Hall–Kier alpha value is -1.38. The molecular formula is C20H28O3. The summed E-state index contributed by atoms with van der Waals surface area (Å²) in [6, 6.07) is 0. The zero-order valence-corrected chi connectivity index (χ0v) is 14.8. The van der Waals surface area contributed by atoms with E-state index in [1.54, 1.807) is 6.92 Å². The van der Waals surface area contributed by atoms with Gasteiger partial charge in [0.15, 0.2) is 11.5 Å². The summed E-state index contributed by atoms with van der Waals surface area (Å²) in [7, 11) is 0. The van der Waals surface area contributed by atoms with E-state index < -0.39 is 5.41 Å². The molecule has 3 aliphatic rings. The number of carbonyl (C=O) groups excluding carboxylic acids is 2. The molecule has 0 aromatic rings. The van der Waals surface area contributed by atoms with Gasteiger partial charge in [0.1, 0.15) is 0 Å². The molecule has 0 aliphatic heterocycles. The molecule has 0 aromatic carbocycles. The van der Waals surface area contributed by atoms with E-state index in [1.165, 1.54) is 5.57 Å². The zero-order chi connectivity index (χ0) is 17.1. The molecule has 1 spiro atoms. The summed E-state index contributed by atoms with van der Waals surface area (Å²) in [6.45, 7) is 10.0. The van der Waals surface area contributed by atoms with Gasteiger partial charge >= 0.3 is 0 Å². The van der Waals surface area contributed by atoms with Gasteiger partial charge in [-0.05, 0) is 63.7 Å². The van der Waals surface area contributed by atoms with Gasteiger partial charge in [0, 0.05) is 11.5 Å². The summed E-state index contributed by atoms with van der Waals surface area (Å²) in [5, 5.41) is 10.2. The second-order valence-electron chi connectivity index (χ2n) is 8.30. The van der Waals surface area contributed by atoms with Crippen molar-refractivity contribution in [2.45, 2.75) is 53.9 Å². The molecule has 0 bridgehead atoms. The van der Waals surface area contributed by atoms with Gasteiger partial charge in [0.25, 0.3) is 0 Å². The third-order valence-corrected chi connectivity index (χ3v) is 6.70. The van der Waals surface area contributed by atoms with Crippen LogP contribution in [0.3, 0.4) is 0 Å². The fourth-order valence-electron chi connectivity index (χ4n) is 5.90. The van der Waals surface area contributed by atoms with E-state index in [9.17, 15) is 14.7 Å². The van der Waals surface area contributed by atoms with Crippen LogP contribution < -0.4 is 0 Å². The van der Waals surface area contributed by atoms with Gasteiger partial charge in [0.2, 0.25) is 5.78 Å². The average Bonchev–Trinajstić information content (AvgIpc) is 2.75. The number of hydrogen-bond acceptors (Lipinski definition) is 3. The lowest BCUT2D eigenvalue weighted by molar-refractivity contribution is -0.152. The number of rotatable bonds is 1. The Bertz CT molecular complexity index is 623. The van der Waals surface area contributed by atoms with E-state index in [4.69, 9.17) is 0 Å². The van der Waals surface area contributed by atoms with E-state index in [0.29, 0.717) is 5.92 Å². The Kier molecular flexibility index (Phi) is 3.81. The Labute approximate surface area is 138 Å². The molecule has 2 fully saturated rings. The highest BCUT2D eigenvalue weighted by Crippen LogP contribution is 2.65. The average molecular weight is 316 g/mol. The number of aliphatic hydroxyl groups excluding tert-OH is 1. The van der Waals surface area contributed by atoms with E-state index in [2.05, 4.69) is 33.8 Å². The monoisotopic (exact) mass is 316 g/mol. The van der Waals surface area contributed by atoms with Gasteiger partial charge in [-0.1, -0.05) is 25.5 Å². The Morgan fingerprint density at radius 3 is 2.43 bits per heavy atom. The van der Waals surface area contributed by atoms with E-state index in [1.807, 2.05) is 0 Å². The Morgan fingerprint density at radius 1 is 1.17 bits per heavy atom. The van der Waals surface area contributed by atoms with E-state index in [0.717, 1.165) is 19.3 Å². The largest absolute Gasteiger partial charge is 0.504 e. The maximum Gasteiger partial charge on any atom is 0.201 e. The van der Waals surface area contributed by atoms with Crippen LogP contribution in [-0.4, -0.2) is 16.7 Å². The lowest BCUT2D eigenvalue weighted by Crippen LogP contribution is -2.57. The molecule has 0 heterocycles. The smallest absolute Gasteiger partial charge is 0.201 e. The maximum atomic E-state index is 13.4. The fraction of sp³-hybridized carbons (Fsp3) is 0.700. The molecule has 126 valence electrons. The maximum absolute atomic E-state index is 13.4. The van der Waals surface area contributed by atoms with Gasteiger partial charge in [-0.25, -0.2) is 0 Å². The summed E-state index contributed by atoms with van der Waals surface area (Å²) < 4.78 is 0. The zero-order valence-electron chi connectivity index (χ0n) is 14.8. The molecule has 23 heavy (non-hydrogen) atoms. The van der Waals surface area contributed by atoms with Crippen molar-refractivity contribution in [1.82, 2.24) is 0 Å². The normalized spacial score (nSPS) is 43.3. The van der Waals surface area contributed by atoms with E-state index in [-0.39, 0.29) is 46.6 Å². The summed E-state index contributed by atoms with van der Waals surface area (Å²) >= 11 is 0. The number of aliphatic hydroxyl groups is 1. The minimum absolute atomic E-state index is 0.0306. The molecular weight excluding hydrogens is 288 g/mol. The van der Waals surface area contributed by atoms with Gasteiger partial charge in [-0.3, -0.25) is 9.59 Å². The number of ketones is 2. The van der Waals surface area contributed by atoms with Crippen LogP contribution in [0, 0.1) is 35.0 Å². The number of allylic oxidation sites excluding steroid dienone is 4. The van der Waals surface area contributed by atoms with Crippen molar-refractivity contribution in [3.8, 4) is 0 Å². The molecule has 0 aromatic heterocycles. The highest BCUT2D eigenvalue weighted by molar-refractivity contribution is 6.15.